The van der Waals surface area contributed by atoms with Gasteiger partial charge in [0.2, 0.25) is 5.91 Å². The Morgan fingerprint density at radius 3 is 3.11 bits per heavy atom. The second kappa shape index (κ2) is 7.15. The van der Waals surface area contributed by atoms with E-state index in [9.17, 15) is 4.79 Å². The topological polar surface area (TPSA) is 67.6 Å². The number of carbonyl (C=O) groups is 1. The van der Waals surface area contributed by atoms with Gasteiger partial charge in [-0.25, -0.2) is 4.98 Å². The Labute approximate surface area is 157 Å². The van der Waals surface area contributed by atoms with Crippen molar-refractivity contribution < 1.29 is 13.9 Å². The number of aromatic nitrogens is 1. The summed E-state index contributed by atoms with van der Waals surface area (Å²) >= 11 is 0. The Hall–Kier alpha value is -3.28. The van der Waals surface area contributed by atoms with Crippen molar-refractivity contribution >= 4 is 28.8 Å². The molecule has 0 unspecified atom stereocenters. The summed E-state index contributed by atoms with van der Waals surface area (Å²) in [7, 11) is 1.78. The number of pyridine rings is 1. The van der Waals surface area contributed by atoms with Gasteiger partial charge in [0.1, 0.15) is 18.0 Å². The lowest BCUT2D eigenvalue weighted by Gasteiger charge is -2.18. The number of ether oxygens (including phenoxy) is 1. The molecule has 3 aromatic rings. The number of aryl methyl sites for hydroxylation is 1. The molecule has 0 atom stereocenters. The summed E-state index contributed by atoms with van der Waals surface area (Å²) in [5.41, 5.74) is 2.70. The maximum atomic E-state index is 12.5. The summed E-state index contributed by atoms with van der Waals surface area (Å²) in [6.07, 6.45) is 5.03. The summed E-state index contributed by atoms with van der Waals surface area (Å²) in [6, 6.07) is 9.75. The molecule has 0 aliphatic carbocycles. The molecule has 3 heterocycles. The van der Waals surface area contributed by atoms with Crippen LogP contribution in [0, 0.1) is 6.92 Å². The normalized spacial score (nSPS) is 13.3. The molecule has 1 amide bonds. The van der Waals surface area contributed by atoms with Gasteiger partial charge >= 0.3 is 0 Å². The van der Waals surface area contributed by atoms with Crippen molar-refractivity contribution in [1.82, 2.24) is 9.88 Å². The molecule has 0 bridgehead atoms. The second-order valence-corrected chi connectivity index (χ2v) is 6.55. The van der Waals surface area contributed by atoms with Crippen LogP contribution in [0.25, 0.3) is 17.0 Å². The fourth-order valence-corrected chi connectivity index (χ4v) is 3.15. The van der Waals surface area contributed by atoms with E-state index in [1.165, 1.54) is 0 Å². The maximum absolute atomic E-state index is 12.5. The van der Waals surface area contributed by atoms with Gasteiger partial charge in [0.15, 0.2) is 11.6 Å². The lowest BCUT2D eigenvalue weighted by Crippen LogP contribution is -2.24. The van der Waals surface area contributed by atoms with Crippen molar-refractivity contribution in [3.05, 3.63) is 59.5 Å². The Morgan fingerprint density at radius 1 is 1.37 bits per heavy atom. The van der Waals surface area contributed by atoms with E-state index in [1.807, 2.05) is 37.3 Å². The number of benzene rings is 1. The minimum absolute atomic E-state index is 0.0866. The zero-order valence-corrected chi connectivity index (χ0v) is 15.4. The molecule has 1 aromatic carbocycles. The van der Waals surface area contributed by atoms with Crippen LogP contribution in [0.3, 0.4) is 0 Å². The predicted molar refractivity (Wildman–Crippen MR) is 105 cm³/mol. The Bertz CT molecular complexity index is 1020. The molecule has 1 aliphatic heterocycles. The van der Waals surface area contributed by atoms with Crippen molar-refractivity contribution in [1.29, 1.82) is 0 Å². The van der Waals surface area contributed by atoms with E-state index < -0.39 is 0 Å². The van der Waals surface area contributed by atoms with E-state index in [2.05, 4.69) is 10.3 Å². The zero-order chi connectivity index (χ0) is 18.8. The number of hydrogen-bond donors (Lipinski definition) is 1. The van der Waals surface area contributed by atoms with Gasteiger partial charge in [0, 0.05) is 36.8 Å². The lowest BCUT2D eigenvalue weighted by molar-refractivity contribution is -0.125. The summed E-state index contributed by atoms with van der Waals surface area (Å²) in [6.45, 7) is 3.78. The molecule has 0 saturated carbocycles. The third-order valence-corrected chi connectivity index (χ3v) is 4.62. The minimum Gasteiger partial charge on any atom is -0.488 e. The van der Waals surface area contributed by atoms with Crippen LogP contribution in [0.1, 0.15) is 16.9 Å². The molecule has 6 nitrogen and oxygen atoms in total. The standard InChI is InChI=1S/C21H21N3O3/c1-14-17(16-5-3-4-6-18(16)27-14)13-24(2)20(25)8-7-15-11-19-21(23-12-15)22-9-10-26-19/h3-8,11-12H,9-10,13H2,1-2H3,(H,22,23). The molecule has 2 aromatic heterocycles. The number of fused-ring (bicyclic) bond motifs is 2. The molecule has 0 saturated heterocycles. The number of para-hydroxylation sites is 1. The van der Waals surface area contributed by atoms with E-state index in [0.29, 0.717) is 18.9 Å². The first-order chi connectivity index (χ1) is 13.1. The number of furan rings is 1. The van der Waals surface area contributed by atoms with E-state index >= 15 is 0 Å². The first-order valence-electron chi connectivity index (χ1n) is 8.89. The van der Waals surface area contributed by atoms with Crippen molar-refractivity contribution in [3.8, 4) is 5.75 Å². The summed E-state index contributed by atoms with van der Waals surface area (Å²) in [4.78, 5) is 18.5. The smallest absolute Gasteiger partial charge is 0.246 e. The highest BCUT2D eigenvalue weighted by Crippen LogP contribution is 2.27. The lowest BCUT2D eigenvalue weighted by atomic mass is 10.1. The van der Waals surface area contributed by atoms with Crippen LogP contribution in [0.4, 0.5) is 5.82 Å². The van der Waals surface area contributed by atoms with Crippen LogP contribution >= 0.6 is 0 Å². The van der Waals surface area contributed by atoms with E-state index in [1.54, 1.807) is 30.3 Å². The molecule has 1 aliphatic rings. The summed E-state index contributed by atoms with van der Waals surface area (Å²) < 4.78 is 11.4. The third kappa shape index (κ3) is 3.51. The SMILES string of the molecule is Cc1oc2ccccc2c1CN(C)C(=O)C=Cc1cnc2c(c1)OCCN2. The van der Waals surface area contributed by atoms with Gasteiger partial charge in [-0.15, -0.1) is 0 Å². The predicted octanol–water partition coefficient (Wildman–Crippen LogP) is 3.61. The third-order valence-electron chi connectivity index (χ3n) is 4.62. The largest absolute Gasteiger partial charge is 0.488 e. The molecule has 0 fully saturated rings. The number of anilines is 1. The van der Waals surface area contributed by atoms with Gasteiger partial charge in [-0.3, -0.25) is 4.79 Å². The Kier molecular flexibility index (Phi) is 4.54. The van der Waals surface area contributed by atoms with Crippen LogP contribution in [0.5, 0.6) is 5.75 Å². The van der Waals surface area contributed by atoms with Crippen LogP contribution in [-0.2, 0) is 11.3 Å². The molecule has 138 valence electrons. The van der Waals surface area contributed by atoms with Crippen LogP contribution in [0.15, 0.2) is 47.0 Å². The van der Waals surface area contributed by atoms with Crippen molar-refractivity contribution in [3.63, 3.8) is 0 Å². The summed E-state index contributed by atoms with van der Waals surface area (Å²) in [5.74, 6) is 2.20. The molecule has 27 heavy (non-hydrogen) atoms. The molecule has 4 rings (SSSR count). The van der Waals surface area contributed by atoms with Gasteiger partial charge < -0.3 is 19.4 Å². The highest BCUT2D eigenvalue weighted by molar-refractivity contribution is 5.92. The Balaban J connectivity index is 1.47. The van der Waals surface area contributed by atoms with Gasteiger partial charge in [-0.2, -0.15) is 0 Å². The fourth-order valence-electron chi connectivity index (χ4n) is 3.15. The second-order valence-electron chi connectivity index (χ2n) is 6.55. The van der Waals surface area contributed by atoms with Crippen molar-refractivity contribution in [2.24, 2.45) is 0 Å². The van der Waals surface area contributed by atoms with E-state index in [4.69, 9.17) is 9.15 Å². The van der Waals surface area contributed by atoms with E-state index in [-0.39, 0.29) is 5.91 Å². The van der Waals surface area contributed by atoms with E-state index in [0.717, 1.165) is 40.2 Å². The number of amides is 1. The highest BCUT2D eigenvalue weighted by Gasteiger charge is 2.15. The monoisotopic (exact) mass is 363 g/mol. The molecular formula is C21H21N3O3. The molecule has 1 N–H and O–H groups in total. The first kappa shape index (κ1) is 17.1. The zero-order valence-electron chi connectivity index (χ0n) is 15.4. The number of nitrogens with zero attached hydrogens (tertiary/aromatic N) is 2. The van der Waals surface area contributed by atoms with Gasteiger partial charge in [0.25, 0.3) is 0 Å². The minimum atomic E-state index is -0.0866. The number of likely N-dealkylation sites (N-methyl/N-ethyl adjacent to an activating group) is 1. The number of carbonyl (C=O) groups excluding carboxylic acids is 1. The number of rotatable bonds is 4. The van der Waals surface area contributed by atoms with Crippen LogP contribution in [0.2, 0.25) is 0 Å². The fraction of sp³-hybridized carbons (Fsp3) is 0.238. The van der Waals surface area contributed by atoms with Gasteiger partial charge in [0.05, 0.1) is 6.54 Å². The molecule has 0 spiro atoms. The average molecular weight is 363 g/mol. The van der Waals surface area contributed by atoms with Gasteiger partial charge in [-0.1, -0.05) is 18.2 Å². The number of nitrogens with one attached hydrogen (secondary N) is 1. The highest BCUT2D eigenvalue weighted by atomic mass is 16.5. The van der Waals surface area contributed by atoms with Crippen molar-refractivity contribution in [2.45, 2.75) is 13.5 Å². The Morgan fingerprint density at radius 2 is 2.22 bits per heavy atom. The summed E-state index contributed by atoms with van der Waals surface area (Å²) in [5, 5.41) is 4.22. The van der Waals surface area contributed by atoms with Crippen LogP contribution < -0.4 is 10.1 Å². The average Bonchev–Trinajstić information content (AvgIpc) is 3.01. The molecule has 0 radical (unpaired) electrons. The van der Waals surface area contributed by atoms with Crippen molar-refractivity contribution in [2.75, 3.05) is 25.5 Å². The van der Waals surface area contributed by atoms with Crippen LogP contribution in [-0.4, -0.2) is 36.0 Å². The molecule has 6 heteroatoms. The molecular weight excluding hydrogens is 342 g/mol. The quantitative estimate of drug-likeness (QED) is 0.717. The number of hydrogen-bond acceptors (Lipinski definition) is 5. The van der Waals surface area contributed by atoms with Gasteiger partial charge in [-0.05, 0) is 30.7 Å². The first-order valence-corrected chi connectivity index (χ1v) is 8.89. The maximum Gasteiger partial charge on any atom is 0.246 e.